The lowest BCUT2D eigenvalue weighted by atomic mass is 10.2. The first-order valence-corrected chi connectivity index (χ1v) is 7.67. The van der Waals surface area contributed by atoms with Crippen molar-refractivity contribution in [2.75, 3.05) is 21.2 Å². The molecule has 1 aromatic heterocycles. The number of hydrogen-bond donors (Lipinski definition) is 1. The number of pyridine rings is 1. The second kappa shape index (κ2) is 8.39. The number of hydrogen-bond acceptors (Lipinski definition) is 3. The molecule has 6 heteroatoms. The summed E-state index contributed by atoms with van der Waals surface area (Å²) in [6.07, 6.45) is 0. The summed E-state index contributed by atoms with van der Waals surface area (Å²) in [7, 11) is 5.33. The number of aromatic nitrogens is 1. The molecule has 0 aliphatic rings. The van der Waals surface area contributed by atoms with Gasteiger partial charge in [0, 0.05) is 31.7 Å². The normalized spacial score (nSPS) is 11.2. The van der Waals surface area contributed by atoms with Gasteiger partial charge in [0.2, 0.25) is 5.88 Å². The van der Waals surface area contributed by atoms with Crippen LogP contribution >= 0.6 is 11.6 Å². The lowest BCUT2D eigenvalue weighted by Crippen LogP contribution is -2.38. The Hall–Kier alpha value is -2.27. The van der Waals surface area contributed by atoms with E-state index < -0.39 is 0 Å². The van der Waals surface area contributed by atoms with Gasteiger partial charge in [0.05, 0.1) is 19.3 Å². The zero-order chi connectivity index (χ0) is 16.7. The third-order valence-electron chi connectivity index (χ3n) is 3.36. The summed E-state index contributed by atoms with van der Waals surface area (Å²) in [5, 5.41) is 4.05. The summed E-state index contributed by atoms with van der Waals surface area (Å²) in [6, 6.07) is 13.5. The molecule has 0 amide bonds. The molecular weight excluding hydrogens is 312 g/mol. The summed E-state index contributed by atoms with van der Waals surface area (Å²) in [6.45, 7) is 1.24. The van der Waals surface area contributed by atoms with Gasteiger partial charge in [-0.05, 0) is 17.7 Å². The molecule has 1 N–H and O–H groups in total. The predicted molar refractivity (Wildman–Crippen MR) is 93.9 cm³/mol. The highest BCUT2D eigenvalue weighted by Crippen LogP contribution is 2.16. The molecule has 0 atom stereocenters. The highest BCUT2D eigenvalue weighted by molar-refractivity contribution is 6.31. The SMILES string of the molecule is CN=C(NCc1cccc(OC)n1)N(C)Cc1ccccc1Cl. The maximum Gasteiger partial charge on any atom is 0.213 e. The highest BCUT2D eigenvalue weighted by atomic mass is 35.5. The molecule has 0 saturated carbocycles. The number of aliphatic imine (C=N–C) groups is 1. The molecule has 5 nitrogen and oxygen atoms in total. The van der Waals surface area contributed by atoms with Crippen molar-refractivity contribution in [1.82, 2.24) is 15.2 Å². The molecule has 2 aromatic rings. The highest BCUT2D eigenvalue weighted by Gasteiger charge is 2.09. The van der Waals surface area contributed by atoms with Crippen molar-refractivity contribution >= 4 is 17.6 Å². The second-order valence-electron chi connectivity index (χ2n) is 5.02. The lowest BCUT2D eigenvalue weighted by Gasteiger charge is -2.22. The number of benzene rings is 1. The van der Waals surface area contributed by atoms with Crippen LogP contribution in [0.4, 0.5) is 0 Å². The van der Waals surface area contributed by atoms with E-state index >= 15 is 0 Å². The summed E-state index contributed by atoms with van der Waals surface area (Å²) < 4.78 is 5.13. The zero-order valence-electron chi connectivity index (χ0n) is 13.6. The molecule has 2 rings (SSSR count). The van der Waals surface area contributed by atoms with E-state index in [0.29, 0.717) is 19.0 Å². The van der Waals surface area contributed by atoms with Crippen molar-refractivity contribution in [3.63, 3.8) is 0 Å². The van der Waals surface area contributed by atoms with Crippen molar-refractivity contribution in [2.24, 2.45) is 4.99 Å². The Morgan fingerprint density at radius 1 is 1.26 bits per heavy atom. The molecule has 0 bridgehead atoms. The molecule has 0 unspecified atom stereocenters. The van der Waals surface area contributed by atoms with Gasteiger partial charge in [-0.2, -0.15) is 0 Å². The van der Waals surface area contributed by atoms with E-state index in [0.717, 1.165) is 22.2 Å². The van der Waals surface area contributed by atoms with Crippen LogP contribution in [-0.4, -0.2) is 37.0 Å². The molecule has 1 aromatic carbocycles. The van der Waals surface area contributed by atoms with Crippen LogP contribution in [0.3, 0.4) is 0 Å². The molecule has 23 heavy (non-hydrogen) atoms. The van der Waals surface area contributed by atoms with E-state index in [9.17, 15) is 0 Å². The monoisotopic (exact) mass is 332 g/mol. The van der Waals surface area contributed by atoms with E-state index in [1.165, 1.54) is 0 Å². The van der Waals surface area contributed by atoms with E-state index in [1.54, 1.807) is 14.2 Å². The average Bonchev–Trinajstić information content (AvgIpc) is 2.57. The van der Waals surface area contributed by atoms with E-state index in [2.05, 4.69) is 15.3 Å². The largest absolute Gasteiger partial charge is 0.481 e. The molecule has 0 radical (unpaired) electrons. The van der Waals surface area contributed by atoms with Crippen LogP contribution < -0.4 is 10.1 Å². The molecule has 1 heterocycles. The van der Waals surface area contributed by atoms with Gasteiger partial charge in [-0.1, -0.05) is 35.9 Å². The Morgan fingerprint density at radius 2 is 2.04 bits per heavy atom. The van der Waals surface area contributed by atoms with Gasteiger partial charge in [-0.25, -0.2) is 4.98 Å². The molecule has 0 saturated heterocycles. The van der Waals surface area contributed by atoms with Crippen molar-refractivity contribution in [2.45, 2.75) is 13.1 Å². The Balaban J connectivity index is 1.98. The molecule has 0 fully saturated rings. The number of methoxy groups -OCH3 is 1. The van der Waals surface area contributed by atoms with Gasteiger partial charge < -0.3 is 15.0 Å². The van der Waals surface area contributed by atoms with Crippen LogP contribution in [0, 0.1) is 0 Å². The van der Waals surface area contributed by atoms with Crippen LogP contribution in [0.15, 0.2) is 47.5 Å². The zero-order valence-corrected chi connectivity index (χ0v) is 14.3. The summed E-state index contributed by atoms with van der Waals surface area (Å²) >= 11 is 6.21. The average molecular weight is 333 g/mol. The Bertz CT molecular complexity index is 675. The van der Waals surface area contributed by atoms with E-state index in [4.69, 9.17) is 16.3 Å². The Morgan fingerprint density at radius 3 is 2.74 bits per heavy atom. The maximum absolute atomic E-state index is 6.21. The van der Waals surface area contributed by atoms with Gasteiger partial charge in [-0.15, -0.1) is 0 Å². The van der Waals surface area contributed by atoms with Crippen LogP contribution in [-0.2, 0) is 13.1 Å². The Labute approximate surface area is 142 Å². The number of nitrogens with zero attached hydrogens (tertiary/aromatic N) is 3. The van der Waals surface area contributed by atoms with Gasteiger partial charge in [0.25, 0.3) is 0 Å². The van der Waals surface area contributed by atoms with Gasteiger partial charge in [0.15, 0.2) is 5.96 Å². The first-order chi connectivity index (χ1) is 11.1. The predicted octanol–water partition coefficient (Wildman–Crippen LogP) is 2.95. The summed E-state index contributed by atoms with van der Waals surface area (Å²) in [5.41, 5.74) is 1.94. The minimum Gasteiger partial charge on any atom is -0.481 e. The second-order valence-corrected chi connectivity index (χ2v) is 5.43. The number of guanidine groups is 1. The molecular formula is C17H21ClN4O. The number of halogens is 1. The Kier molecular flexibility index (Phi) is 6.23. The first-order valence-electron chi connectivity index (χ1n) is 7.29. The third-order valence-corrected chi connectivity index (χ3v) is 3.73. The molecule has 0 aliphatic carbocycles. The molecule has 0 aliphatic heterocycles. The minimum atomic E-state index is 0.566. The lowest BCUT2D eigenvalue weighted by molar-refractivity contribution is 0.396. The number of ether oxygens (including phenoxy) is 1. The first kappa shape index (κ1) is 17.1. The van der Waals surface area contributed by atoms with Gasteiger partial charge in [0.1, 0.15) is 0 Å². The van der Waals surface area contributed by atoms with Crippen molar-refractivity contribution in [1.29, 1.82) is 0 Å². The fourth-order valence-electron chi connectivity index (χ4n) is 2.18. The topological polar surface area (TPSA) is 49.8 Å². The van der Waals surface area contributed by atoms with E-state index in [-0.39, 0.29) is 0 Å². The van der Waals surface area contributed by atoms with Crippen LogP contribution in [0.5, 0.6) is 5.88 Å². The van der Waals surface area contributed by atoms with Gasteiger partial charge >= 0.3 is 0 Å². The molecule has 0 spiro atoms. The number of rotatable bonds is 5. The fraction of sp³-hybridized carbons (Fsp3) is 0.294. The smallest absolute Gasteiger partial charge is 0.213 e. The van der Waals surface area contributed by atoms with Crippen LogP contribution in [0.1, 0.15) is 11.3 Å². The summed E-state index contributed by atoms with van der Waals surface area (Å²) in [4.78, 5) is 10.7. The van der Waals surface area contributed by atoms with Crippen molar-refractivity contribution in [3.8, 4) is 5.88 Å². The third kappa shape index (κ3) is 4.86. The van der Waals surface area contributed by atoms with Crippen LogP contribution in [0.2, 0.25) is 5.02 Å². The summed E-state index contributed by atoms with van der Waals surface area (Å²) in [5.74, 6) is 1.37. The van der Waals surface area contributed by atoms with E-state index in [1.807, 2.05) is 54.4 Å². The number of nitrogens with one attached hydrogen (secondary N) is 1. The molecule has 122 valence electrons. The quantitative estimate of drug-likeness (QED) is 0.675. The minimum absolute atomic E-state index is 0.566. The van der Waals surface area contributed by atoms with Crippen LogP contribution in [0.25, 0.3) is 0 Å². The van der Waals surface area contributed by atoms with Crippen molar-refractivity contribution < 1.29 is 4.74 Å². The maximum atomic E-state index is 6.21. The van der Waals surface area contributed by atoms with Gasteiger partial charge in [-0.3, -0.25) is 4.99 Å². The fourth-order valence-corrected chi connectivity index (χ4v) is 2.38. The van der Waals surface area contributed by atoms with Crippen molar-refractivity contribution in [3.05, 3.63) is 58.7 Å². The standard InChI is InChI=1S/C17H21ClN4O/c1-19-17(20-11-14-8-6-10-16(21-14)23-3)22(2)12-13-7-4-5-9-15(13)18/h4-10H,11-12H2,1-3H3,(H,19,20).